The van der Waals surface area contributed by atoms with Crippen molar-refractivity contribution in [3.8, 4) is 5.75 Å². The van der Waals surface area contributed by atoms with Gasteiger partial charge < -0.3 is 10.1 Å². The molecule has 0 unspecified atom stereocenters. The highest BCUT2D eigenvalue weighted by atomic mass is 79.9. The number of rotatable bonds is 4. The number of hydrogen-bond donors (Lipinski definition) is 1. The van der Waals surface area contributed by atoms with Crippen molar-refractivity contribution < 1.29 is 13.9 Å². The van der Waals surface area contributed by atoms with Gasteiger partial charge in [0.2, 0.25) is 5.91 Å². The first-order valence-electron chi connectivity index (χ1n) is 5.96. The molecule has 0 aliphatic heterocycles. The highest BCUT2D eigenvalue weighted by Crippen LogP contribution is 2.27. The summed E-state index contributed by atoms with van der Waals surface area (Å²) in [6, 6.07) is 11.3. The fraction of sp³-hybridized carbons (Fsp3) is 0.133. The molecule has 2 aromatic rings. The molecule has 0 bridgehead atoms. The summed E-state index contributed by atoms with van der Waals surface area (Å²) >= 11 is 3.34. The number of carbonyl (C=O) groups excluding carboxylic acids is 1. The third kappa shape index (κ3) is 3.81. The molecule has 104 valence electrons. The Morgan fingerprint density at radius 3 is 2.80 bits per heavy atom. The van der Waals surface area contributed by atoms with Crippen LogP contribution in [0.1, 0.15) is 5.56 Å². The van der Waals surface area contributed by atoms with Crippen LogP contribution in [0.25, 0.3) is 0 Å². The van der Waals surface area contributed by atoms with Gasteiger partial charge in [0.15, 0.2) is 0 Å². The second-order valence-corrected chi connectivity index (χ2v) is 5.12. The zero-order valence-corrected chi connectivity index (χ0v) is 12.4. The molecule has 2 aromatic carbocycles. The van der Waals surface area contributed by atoms with Crippen LogP contribution in [0, 0.1) is 5.82 Å². The van der Waals surface area contributed by atoms with Crippen molar-refractivity contribution in [2.75, 3.05) is 12.4 Å². The number of halogens is 2. The second-order valence-electron chi connectivity index (χ2n) is 4.20. The molecule has 20 heavy (non-hydrogen) atoms. The minimum atomic E-state index is -0.352. The third-order valence-corrected chi connectivity index (χ3v) is 3.18. The van der Waals surface area contributed by atoms with Gasteiger partial charge in [0.05, 0.1) is 19.2 Å². The lowest BCUT2D eigenvalue weighted by molar-refractivity contribution is -0.115. The zero-order chi connectivity index (χ0) is 14.5. The van der Waals surface area contributed by atoms with Crippen LogP contribution >= 0.6 is 15.9 Å². The van der Waals surface area contributed by atoms with E-state index < -0.39 is 0 Å². The minimum absolute atomic E-state index is 0.105. The Bertz CT molecular complexity index is 631. The number of benzene rings is 2. The van der Waals surface area contributed by atoms with Gasteiger partial charge in [-0.1, -0.05) is 28.1 Å². The number of ether oxygens (including phenoxy) is 1. The number of carbonyl (C=O) groups is 1. The molecule has 3 nitrogen and oxygen atoms in total. The number of hydrogen-bond acceptors (Lipinski definition) is 2. The van der Waals surface area contributed by atoms with E-state index in [1.54, 1.807) is 24.3 Å². The average molecular weight is 338 g/mol. The molecule has 0 aromatic heterocycles. The van der Waals surface area contributed by atoms with Crippen LogP contribution < -0.4 is 10.1 Å². The summed E-state index contributed by atoms with van der Waals surface area (Å²) in [6.45, 7) is 0. The molecule has 1 amide bonds. The molecular weight excluding hydrogens is 325 g/mol. The van der Waals surface area contributed by atoms with E-state index in [9.17, 15) is 9.18 Å². The van der Waals surface area contributed by atoms with E-state index in [-0.39, 0.29) is 18.1 Å². The summed E-state index contributed by atoms with van der Waals surface area (Å²) in [5, 5.41) is 2.75. The Morgan fingerprint density at radius 2 is 2.10 bits per heavy atom. The van der Waals surface area contributed by atoms with Crippen LogP contribution in [0.4, 0.5) is 10.1 Å². The lowest BCUT2D eigenvalue weighted by Crippen LogP contribution is -2.15. The zero-order valence-electron chi connectivity index (χ0n) is 10.8. The van der Waals surface area contributed by atoms with Crippen molar-refractivity contribution in [1.29, 1.82) is 0 Å². The van der Waals surface area contributed by atoms with Gasteiger partial charge in [-0.15, -0.1) is 0 Å². The number of anilines is 1. The lowest BCUT2D eigenvalue weighted by Gasteiger charge is -2.10. The minimum Gasteiger partial charge on any atom is -0.495 e. The van der Waals surface area contributed by atoms with Crippen LogP contribution in [0.3, 0.4) is 0 Å². The van der Waals surface area contributed by atoms with E-state index >= 15 is 0 Å². The number of nitrogens with one attached hydrogen (secondary N) is 1. The van der Waals surface area contributed by atoms with Crippen LogP contribution in [-0.2, 0) is 11.2 Å². The number of methoxy groups -OCH3 is 1. The van der Waals surface area contributed by atoms with Gasteiger partial charge >= 0.3 is 0 Å². The van der Waals surface area contributed by atoms with E-state index in [0.29, 0.717) is 17.0 Å². The summed E-state index contributed by atoms with van der Waals surface area (Å²) in [6.07, 6.45) is 0.105. The van der Waals surface area contributed by atoms with Gasteiger partial charge in [-0.2, -0.15) is 0 Å². The summed E-state index contributed by atoms with van der Waals surface area (Å²) in [5.41, 5.74) is 1.19. The first-order valence-corrected chi connectivity index (χ1v) is 6.75. The van der Waals surface area contributed by atoms with E-state index in [1.807, 2.05) is 6.07 Å². The van der Waals surface area contributed by atoms with Gasteiger partial charge in [-0.25, -0.2) is 4.39 Å². The second kappa shape index (κ2) is 6.52. The van der Waals surface area contributed by atoms with Crippen molar-refractivity contribution in [2.45, 2.75) is 6.42 Å². The van der Waals surface area contributed by atoms with E-state index in [4.69, 9.17) is 4.74 Å². The number of amides is 1. The smallest absolute Gasteiger partial charge is 0.228 e. The third-order valence-electron chi connectivity index (χ3n) is 2.69. The molecule has 0 aliphatic carbocycles. The molecule has 0 aliphatic rings. The Balaban J connectivity index is 2.10. The van der Waals surface area contributed by atoms with Gasteiger partial charge in [0, 0.05) is 4.47 Å². The Labute approximate surface area is 124 Å². The Kier molecular flexibility index (Phi) is 4.74. The molecule has 0 saturated carbocycles. The monoisotopic (exact) mass is 337 g/mol. The first kappa shape index (κ1) is 14.5. The van der Waals surface area contributed by atoms with Crippen LogP contribution in [0.5, 0.6) is 5.75 Å². The molecule has 1 N–H and O–H groups in total. The maximum Gasteiger partial charge on any atom is 0.228 e. The van der Waals surface area contributed by atoms with Gasteiger partial charge in [0.1, 0.15) is 11.6 Å². The largest absolute Gasteiger partial charge is 0.495 e. The normalized spacial score (nSPS) is 10.2. The summed E-state index contributed by atoms with van der Waals surface area (Å²) < 4.78 is 19.1. The van der Waals surface area contributed by atoms with Crippen molar-refractivity contribution in [1.82, 2.24) is 0 Å². The molecule has 0 fully saturated rings. The van der Waals surface area contributed by atoms with Crippen LogP contribution in [0.15, 0.2) is 46.9 Å². The Hall–Kier alpha value is -1.88. The SMILES string of the molecule is COc1ccc(Br)cc1NC(=O)Cc1cccc(F)c1. The van der Waals surface area contributed by atoms with Crippen LogP contribution in [0.2, 0.25) is 0 Å². The van der Waals surface area contributed by atoms with Crippen molar-refractivity contribution in [3.05, 3.63) is 58.3 Å². The van der Waals surface area contributed by atoms with Gasteiger partial charge in [-0.3, -0.25) is 4.79 Å². The molecular formula is C15H13BrFNO2. The molecule has 0 spiro atoms. The van der Waals surface area contributed by atoms with Gasteiger partial charge in [-0.05, 0) is 35.9 Å². The van der Waals surface area contributed by atoms with Crippen molar-refractivity contribution in [3.63, 3.8) is 0 Å². The molecule has 0 atom stereocenters. The van der Waals surface area contributed by atoms with Crippen LogP contribution in [-0.4, -0.2) is 13.0 Å². The molecule has 0 heterocycles. The summed E-state index contributed by atoms with van der Waals surface area (Å²) in [7, 11) is 1.53. The molecule has 2 rings (SSSR count). The highest BCUT2D eigenvalue weighted by molar-refractivity contribution is 9.10. The lowest BCUT2D eigenvalue weighted by atomic mass is 10.1. The maximum absolute atomic E-state index is 13.1. The Morgan fingerprint density at radius 1 is 1.30 bits per heavy atom. The topological polar surface area (TPSA) is 38.3 Å². The predicted octanol–water partition coefficient (Wildman–Crippen LogP) is 3.78. The average Bonchev–Trinajstić information content (AvgIpc) is 2.38. The van der Waals surface area contributed by atoms with E-state index in [1.165, 1.54) is 19.2 Å². The summed E-state index contributed by atoms with van der Waals surface area (Å²) in [4.78, 5) is 12.0. The summed E-state index contributed by atoms with van der Waals surface area (Å²) in [5.74, 6) is -0.0110. The van der Waals surface area contributed by atoms with Crippen molar-refractivity contribution >= 4 is 27.5 Å². The van der Waals surface area contributed by atoms with E-state index in [2.05, 4.69) is 21.2 Å². The highest BCUT2D eigenvalue weighted by Gasteiger charge is 2.09. The predicted molar refractivity (Wildman–Crippen MR) is 79.4 cm³/mol. The van der Waals surface area contributed by atoms with Crippen molar-refractivity contribution in [2.24, 2.45) is 0 Å². The molecule has 5 heteroatoms. The fourth-order valence-electron chi connectivity index (χ4n) is 1.80. The fourth-order valence-corrected chi connectivity index (χ4v) is 2.17. The van der Waals surface area contributed by atoms with Gasteiger partial charge in [0.25, 0.3) is 0 Å². The molecule has 0 radical (unpaired) electrons. The quantitative estimate of drug-likeness (QED) is 0.921. The first-order chi connectivity index (χ1) is 9.58. The standard InChI is InChI=1S/C15H13BrFNO2/c1-20-14-6-5-11(16)9-13(14)18-15(19)8-10-3-2-4-12(17)7-10/h2-7,9H,8H2,1H3,(H,18,19). The maximum atomic E-state index is 13.1. The molecule has 0 saturated heterocycles. The van der Waals surface area contributed by atoms with E-state index in [0.717, 1.165) is 4.47 Å².